The van der Waals surface area contributed by atoms with E-state index in [4.69, 9.17) is 0 Å². The lowest BCUT2D eigenvalue weighted by Gasteiger charge is -2.40. The SMILES string of the molecule is CCC[C@H](CC(=O)[C@@H]1C[C@@H]2CCCC[C@@H]2N1C(=O)C(NC(=O)[C@@H](CC(=O)C(=O)NC1CCCC1)C1CCCCC1)C(C)(C)C)C(=O)C(=O)CC1CC1. The molecule has 4 aliphatic carbocycles. The van der Waals surface area contributed by atoms with Crippen LogP contribution in [0.2, 0.25) is 0 Å². The molecule has 5 rings (SSSR count). The van der Waals surface area contributed by atoms with Gasteiger partial charge in [-0.2, -0.15) is 0 Å². The van der Waals surface area contributed by atoms with Crippen LogP contribution in [0.3, 0.4) is 0 Å². The molecule has 10 heteroatoms. The second-order valence-electron chi connectivity index (χ2n) is 18.1. The summed E-state index contributed by atoms with van der Waals surface area (Å²) in [5.74, 6) is -3.92. The van der Waals surface area contributed by atoms with E-state index in [0.29, 0.717) is 19.3 Å². The van der Waals surface area contributed by atoms with Gasteiger partial charge in [-0.3, -0.25) is 33.6 Å². The summed E-state index contributed by atoms with van der Waals surface area (Å²) < 4.78 is 0. The Bertz CT molecular complexity index is 1340. The number of carbonyl (C=O) groups excluding carboxylic acids is 7. The van der Waals surface area contributed by atoms with E-state index in [0.717, 1.165) is 96.3 Å². The van der Waals surface area contributed by atoms with Gasteiger partial charge < -0.3 is 15.5 Å². The Morgan fingerprint density at radius 3 is 2.02 bits per heavy atom. The van der Waals surface area contributed by atoms with Gasteiger partial charge >= 0.3 is 0 Å². The molecule has 5 aliphatic rings. The van der Waals surface area contributed by atoms with Gasteiger partial charge in [0.05, 0.1) is 6.04 Å². The minimum atomic E-state index is -0.960. The quantitative estimate of drug-likeness (QED) is 0.170. The number of carbonyl (C=O) groups is 7. The first-order valence-electron chi connectivity index (χ1n) is 20.8. The van der Waals surface area contributed by atoms with Crippen molar-refractivity contribution < 1.29 is 33.6 Å². The first kappa shape index (κ1) is 40.3. The molecule has 4 saturated carbocycles. The van der Waals surface area contributed by atoms with Crippen molar-refractivity contribution in [3.63, 3.8) is 0 Å². The fourth-order valence-electron chi connectivity index (χ4n) is 9.72. The molecule has 1 saturated heterocycles. The lowest BCUT2D eigenvalue weighted by molar-refractivity contribution is -0.148. The molecule has 0 aromatic heterocycles. The van der Waals surface area contributed by atoms with Gasteiger partial charge in [0.2, 0.25) is 23.4 Å². The third-order valence-electron chi connectivity index (χ3n) is 12.9. The number of ketones is 4. The molecular formula is C42H65N3O7. The Balaban J connectivity index is 1.35. The zero-order valence-electron chi connectivity index (χ0n) is 32.4. The van der Waals surface area contributed by atoms with E-state index in [1.54, 1.807) is 4.90 Å². The molecule has 1 heterocycles. The maximum atomic E-state index is 14.9. The van der Waals surface area contributed by atoms with E-state index in [1.807, 2.05) is 27.7 Å². The zero-order chi connectivity index (χ0) is 37.6. The van der Waals surface area contributed by atoms with Gasteiger partial charge in [-0.05, 0) is 87.4 Å². The summed E-state index contributed by atoms with van der Waals surface area (Å²) in [6.45, 7) is 7.65. The topological polar surface area (TPSA) is 147 Å². The molecule has 5 fully saturated rings. The molecule has 0 aromatic rings. The van der Waals surface area contributed by atoms with Crippen molar-refractivity contribution in [2.75, 3.05) is 0 Å². The second-order valence-corrected chi connectivity index (χ2v) is 18.1. The van der Waals surface area contributed by atoms with E-state index in [-0.39, 0.29) is 72.5 Å². The monoisotopic (exact) mass is 723 g/mol. The Labute approximate surface area is 311 Å². The maximum Gasteiger partial charge on any atom is 0.287 e. The number of fused-ring (bicyclic) bond motifs is 1. The lowest BCUT2D eigenvalue weighted by Crippen LogP contribution is -2.60. The normalized spacial score (nSPS) is 25.8. The van der Waals surface area contributed by atoms with Gasteiger partial charge in [0, 0.05) is 43.2 Å². The zero-order valence-corrected chi connectivity index (χ0v) is 32.4. The Kier molecular flexibility index (Phi) is 13.9. The van der Waals surface area contributed by atoms with Crippen molar-refractivity contribution in [1.29, 1.82) is 0 Å². The molecular weight excluding hydrogens is 658 g/mol. The van der Waals surface area contributed by atoms with Crippen LogP contribution in [0.1, 0.15) is 163 Å². The van der Waals surface area contributed by atoms with Crippen molar-refractivity contribution >= 4 is 40.9 Å². The van der Waals surface area contributed by atoms with E-state index in [2.05, 4.69) is 10.6 Å². The smallest absolute Gasteiger partial charge is 0.287 e. The van der Waals surface area contributed by atoms with Crippen LogP contribution in [-0.4, -0.2) is 69.9 Å². The van der Waals surface area contributed by atoms with Gasteiger partial charge in [0.1, 0.15) is 6.04 Å². The van der Waals surface area contributed by atoms with Crippen LogP contribution >= 0.6 is 0 Å². The summed E-state index contributed by atoms with van der Waals surface area (Å²) in [5.41, 5.74) is -0.718. The Morgan fingerprint density at radius 1 is 0.750 bits per heavy atom. The fraction of sp³-hybridized carbons (Fsp3) is 0.833. The molecule has 2 N–H and O–H groups in total. The minimum absolute atomic E-state index is 0.000343. The van der Waals surface area contributed by atoms with E-state index >= 15 is 0 Å². The van der Waals surface area contributed by atoms with Gasteiger partial charge in [0.15, 0.2) is 11.6 Å². The Hall–Kier alpha value is -2.91. The number of Topliss-reactive ketones (excluding diaryl/α,β-unsaturated/α-hetero) is 4. The van der Waals surface area contributed by atoms with E-state index < -0.39 is 46.8 Å². The molecule has 6 atom stereocenters. The van der Waals surface area contributed by atoms with Crippen molar-refractivity contribution in [1.82, 2.24) is 15.5 Å². The number of rotatable bonds is 17. The average molecular weight is 724 g/mol. The molecule has 1 unspecified atom stereocenters. The molecule has 290 valence electrons. The second kappa shape index (κ2) is 17.9. The van der Waals surface area contributed by atoms with Gasteiger partial charge in [0.25, 0.3) is 5.91 Å². The highest BCUT2D eigenvalue weighted by molar-refractivity contribution is 6.38. The van der Waals surface area contributed by atoms with Crippen molar-refractivity contribution in [3.05, 3.63) is 0 Å². The molecule has 0 spiro atoms. The number of hydrogen-bond donors (Lipinski definition) is 2. The summed E-state index contributed by atoms with van der Waals surface area (Å²) in [4.78, 5) is 97.7. The number of hydrogen-bond acceptors (Lipinski definition) is 7. The third-order valence-corrected chi connectivity index (χ3v) is 12.9. The van der Waals surface area contributed by atoms with E-state index in [9.17, 15) is 33.6 Å². The van der Waals surface area contributed by atoms with Gasteiger partial charge in [-0.15, -0.1) is 0 Å². The largest absolute Gasteiger partial charge is 0.347 e. The van der Waals surface area contributed by atoms with Crippen LogP contribution in [0.5, 0.6) is 0 Å². The molecule has 1 aliphatic heterocycles. The molecule has 0 radical (unpaired) electrons. The van der Waals surface area contributed by atoms with Gasteiger partial charge in [-0.1, -0.05) is 79.1 Å². The molecule has 10 nitrogen and oxygen atoms in total. The molecule has 52 heavy (non-hydrogen) atoms. The highest BCUT2D eigenvalue weighted by atomic mass is 16.2. The first-order chi connectivity index (χ1) is 24.8. The number of likely N-dealkylation sites (tertiary alicyclic amines) is 1. The highest BCUT2D eigenvalue weighted by Crippen LogP contribution is 2.42. The standard InChI is InChI=1S/C42H65N3O7/c1-5-13-29(37(49)35(47)22-26-20-21-26)24-34(46)33-23-28-16-9-12-19-32(28)45(33)41(52)38(42(2,3)4)44-39(50)31(27-14-7-6-8-15-27)25-36(48)40(51)43-30-17-10-11-18-30/h26-33,38H,5-25H2,1-4H3,(H,43,51)(H,44,50)/t28-,29+,31-,32-,33-,38?/m0/s1. The molecule has 0 bridgehead atoms. The maximum absolute atomic E-state index is 14.9. The van der Waals surface area contributed by atoms with Crippen LogP contribution < -0.4 is 10.6 Å². The van der Waals surface area contributed by atoms with Crippen molar-refractivity contribution in [2.45, 2.75) is 187 Å². The predicted octanol–water partition coefficient (Wildman–Crippen LogP) is 6.21. The fourth-order valence-corrected chi connectivity index (χ4v) is 9.72. The summed E-state index contributed by atoms with van der Waals surface area (Å²) >= 11 is 0. The summed E-state index contributed by atoms with van der Waals surface area (Å²) in [7, 11) is 0. The van der Waals surface area contributed by atoms with Gasteiger partial charge in [-0.25, -0.2) is 0 Å². The summed E-state index contributed by atoms with van der Waals surface area (Å²) in [6, 6.07) is -1.82. The van der Waals surface area contributed by atoms with Crippen molar-refractivity contribution in [2.24, 2.45) is 35.0 Å². The van der Waals surface area contributed by atoms with Crippen LogP contribution in [0.4, 0.5) is 0 Å². The predicted molar refractivity (Wildman–Crippen MR) is 198 cm³/mol. The minimum Gasteiger partial charge on any atom is -0.347 e. The number of amides is 3. The molecule has 0 aromatic carbocycles. The van der Waals surface area contributed by atoms with Crippen molar-refractivity contribution in [3.8, 4) is 0 Å². The van der Waals surface area contributed by atoms with E-state index in [1.165, 1.54) is 0 Å². The Morgan fingerprint density at radius 2 is 1.38 bits per heavy atom. The molecule has 3 amide bonds. The van der Waals surface area contributed by atoms with Crippen LogP contribution in [0, 0.1) is 35.0 Å². The van der Waals surface area contributed by atoms with Crippen LogP contribution in [-0.2, 0) is 33.6 Å². The van der Waals surface area contributed by atoms with Crippen LogP contribution in [0.15, 0.2) is 0 Å². The van der Waals surface area contributed by atoms with Crippen LogP contribution in [0.25, 0.3) is 0 Å². The highest BCUT2D eigenvalue weighted by Gasteiger charge is 2.51. The summed E-state index contributed by atoms with van der Waals surface area (Å²) in [6.07, 6.45) is 15.6. The third kappa shape index (κ3) is 10.2. The number of nitrogens with one attached hydrogen (secondary N) is 2. The number of nitrogens with zero attached hydrogens (tertiary/aromatic N) is 1. The first-order valence-corrected chi connectivity index (χ1v) is 20.8. The lowest BCUT2D eigenvalue weighted by atomic mass is 9.76. The average Bonchev–Trinajstić information content (AvgIpc) is 3.61. The summed E-state index contributed by atoms with van der Waals surface area (Å²) in [5, 5.41) is 5.98.